The van der Waals surface area contributed by atoms with Crippen LogP contribution in [0.25, 0.3) is 0 Å². The van der Waals surface area contributed by atoms with Gasteiger partial charge in [-0.2, -0.15) is 0 Å². The molecule has 0 aliphatic heterocycles. The first kappa shape index (κ1) is 12.3. The predicted molar refractivity (Wildman–Crippen MR) is 70.9 cm³/mol. The molecule has 0 bridgehead atoms. The number of carbonyl (C=O) groups is 1. The molecule has 2 aromatic rings. The Morgan fingerprint density at radius 2 is 2.35 bits per heavy atom. The van der Waals surface area contributed by atoms with Crippen LogP contribution in [0.2, 0.25) is 0 Å². The lowest BCUT2D eigenvalue weighted by atomic mass is 10.2. The van der Waals surface area contributed by atoms with Crippen molar-refractivity contribution in [3.8, 4) is 0 Å². The van der Waals surface area contributed by atoms with Crippen molar-refractivity contribution in [2.24, 2.45) is 0 Å². The molecule has 3 nitrogen and oxygen atoms in total. The number of aromatic carboxylic acids is 1. The zero-order chi connectivity index (χ0) is 12.3. The van der Waals surface area contributed by atoms with Gasteiger partial charge in [0, 0.05) is 27.7 Å². The average Bonchev–Trinajstić information content (AvgIpc) is 2.97. The molecule has 0 amide bonds. The summed E-state index contributed by atoms with van der Waals surface area (Å²) in [4.78, 5) is 13.1. The maximum absolute atomic E-state index is 10.7. The van der Waals surface area contributed by atoms with Gasteiger partial charge in [-0.05, 0) is 24.4 Å². The van der Waals surface area contributed by atoms with Crippen molar-refractivity contribution in [1.82, 2.24) is 5.32 Å². The fourth-order valence-corrected chi connectivity index (χ4v) is 3.05. The molecule has 1 unspecified atom stereocenters. The third-order valence-corrected chi connectivity index (χ3v) is 4.44. The molecule has 0 spiro atoms. The smallest absolute Gasteiger partial charge is 0.336 e. The SMILES string of the molecule is CC(NCc1cc(C(=O)O)cs1)c1cccs1. The van der Waals surface area contributed by atoms with Crippen molar-refractivity contribution in [2.75, 3.05) is 0 Å². The van der Waals surface area contributed by atoms with Crippen LogP contribution in [0.15, 0.2) is 29.0 Å². The van der Waals surface area contributed by atoms with Gasteiger partial charge in [-0.3, -0.25) is 0 Å². The first-order valence-corrected chi connectivity index (χ1v) is 7.00. The first-order valence-electron chi connectivity index (χ1n) is 5.24. The van der Waals surface area contributed by atoms with Gasteiger partial charge in [0.15, 0.2) is 0 Å². The largest absolute Gasteiger partial charge is 0.478 e. The van der Waals surface area contributed by atoms with Crippen LogP contribution in [0.1, 0.15) is 33.1 Å². The van der Waals surface area contributed by atoms with Gasteiger partial charge >= 0.3 is 5.97 Å². The van der Waals surface area contributed by atoms with Gasteiger partial charge in [0.05, 0.1) is 5.56 Å². The molecule has 0 aliphatic carbocycles. The molecule has 2 heterocycles. The lowest BCUT2D eigenvalue weighted by molar-refractivity contribution is 0.0697. The summed E-state index contributed by atoms with van der Waals surface area (Å²) in [5, 5.41) is 15.9. The second-order valence-corrected chi connectivity index (χ2v) is 5.70. The standard InChI is InChI=1S/C12H13NO2S2/c1-8(11-3-2-4-16-11)13-6-10-5-9(7-17-10)12(14)15/h2-5,7-8,13H,6H2,1H3,(H,14,15). The van der Waals surface area contributed by atoms with Gasteiger partial charge in [-0.1, -0.05) is 6.07 Å². The first-order chi connectivity index (χ1) is 8.16. The van der Waals surface area contributed by atoms with E-state index < -0.39 is 5.97 Å². The monoisotopic (exact) mass is 267 g/mol. The third-order valence-electron chi connectivity index (χ3n) is 2.45. The van der Waals surface area contributed by atoms with Crippen LogP contribution in [0.5, 0.6) is 0 Å². The van der Waals surface area contributed by atoms with Crippen LogP contribution in [-0.2, 0) is 6.54 Å². The van der Waals surface area contributed by atoms with E-state index in [-0.39, 0.29) is 0 Å². The highest BCUT2D eigenvalue weighted by Gasteiger charge is 2.09. The van der Waals surface area contributed by atoms with E-state index >= 15 is 0 Å². The molecular weight excluding hydrogens is 254 g/mol. The summed E-state index contributed by atoms with van der Waals surface area (Å²) >= 11 is 3.20. The maximum atomic E-state index is 10.7. The van der Waals surface area contributed by atoms with Crippen LogP contribution >= 0.6 is 22.7 Å². The molecule has 0 saturated carbocycles. The van der Waals surface area contributed by atoms with E-state index in [1.807, 2.05) is 6.07 Å². The molecule has 90 valence electrons. The van der Waals surface area contributed by atoms with E-state index in [1.54, 1.807) is 22.8 Å². The number of carboxylic acid groups (broad SMARTS) is 1. The van der Waals surface area contributed by atoms with Crippen molar-refractivity contribution in [2.45, 2.75) is 19.5 Å². The zero-order valence-electron chi connectivity index (χ0n) is 9.34. The van der Waals surface area contributed by atoms with Gasteiger partial charge < -0.3 is 10.4 Å². The minimum absolute atomic E-state index is 0.297. The Balaban J connectivity index is 1.91. The number of hydrogen-bond donors (Lipinski definition) is 2. The van der Waals surface area contributed by atoms with E-state index in [0.29, 0.717) is 18.2 Å². The molecule has 5 heteroatoms. The predicted octanol–water partition coefficient (Wildman–Crippen LogP) is 3.36. The molecule has 2 aromatic heterocycles. The Morgan fingerprint density at radius 1 is 1.53 bits per heavy atom. The van der Waals surface area contributed by atoms with E-state index in [9.17, 15) is 4.79 Å². The maximum Gasteiger partial charge on any atom is 0.336 e. The van der Waals surface area contributed by atoms with E-state index in [1.165, 1.54) is 16.2 Å². The lowest BCUT2D eigenvalue weighted by Crippen LogP contribution is -2.16. The van der Waals surface area contributed by atoms with Gasteiger partial charge in [0.25, 0.3) is 0 Å². The van der Waals surface area contributed by atoms with Crippen LogP contribution in [0.3, 0.4) is 0 Å². The fourth-order valence-electron chi connectivity index (χ4n) is 1.48. The number of thiophene rings is 2. The van der Waals surface area contributed by atoms with E-state index in [0.717, 1.165) is 4.88 Å². The summed E-state index contributed by atoms with van der Waals surface area (Å²) in [6.45, 7) is 2.81. The molecule has 0 saturated heterocycles. The summed E-state index contributed by atoms with van der Waals surface area (Å²) in [7, 11) is 0. The van der Waals surface area contributed by atoms with Gasteiger partial charge in [0.1, 0.15) is 0 Å². The molecule has 17 heavy (non-hydrogen) atoms. The number of carboxylic acids is 1. The van der Waals surface area contributed by atoms with Crippen molar-refractivity contribution in [3.05, 3.63) is 44.3 Å². The Labute approximate surface area is 108 Å². The highest BCUT2D eigenvalue weighted by atomic mass is 32.1. The fraction of sp³-hybridized carbons (Fsp3) is 0.250. The summed E-state index contributed by atoms with van der Waals surface area (Å²) < 4.78 is 0. The second kappa shape index (κ2) is 5.44. The normalized spacial score (nSPS) is 12.5. The summed E-state index contributed by atoms with van der Waals surface area (Å²) in [6, 6.07) is 6.15. The van der Waals surface area contributed by atoms with Crippen LogP contribution in [-0.4, -0.2) is 11.1 Å². The molecule has 0 aromatic carbocycles. The van der Waals surface area contributed by atoms with Crippen molar-refractivity contribution >= 4 is 28.6 Å². The van der Waals surface area contributed by atoms with Gasteiger partial charge in [0.2, 0.25) is 0 Å². The second-order valence-electron chi connectivity index (χ2n) is 3.72. The quantitative estimate of drug-likeness (QED) is 0.873. The highest BCUT2D eigenvalue weighted by molar-refractivity contribution is 7.10. The topological polar surface area (TPSA) is 49.3 Å². The molecule has 0 aliphatic rings. The minimum atomic E-state index is -0.862. The molecule has 2 N–H and O–H groups in total. The summed E-state index contributed by atoms with van der Waals surface area (Å²) in [5.41, 5.74) is 0.371. The molecule has 1 atom stereocenters. The Morgan fingerprint density at radius 3 is 2.94 bits per heavy atom. The van der Waals surface area contributed by atoms with E-state index in [2.05, 4.69) is 23.7 Å². The summed E-state index contributed by atoms with van der Waals surface area (Å²) in [6.07, 6.45) is 0. The number of nitrogens with one attached hydrogen (secondary N) is 1. The van der Waals surface area contributed by atoms with Crippen molar-refractivity contribution in [1.29, 1.82) is 0 Å². The summed E-state index contributed by atoms with van der Waals surface area (Å²) in [5.74, 6) is -0.862. The lowest BCUT2D eigenvalue weighted by Gasteiger charge is -2.10. The Kier molecular flexibility index (Phi) is 3.93. The van der Waals surface area contributed by atoms with Gasteiger partial charge in [-0.25, -0.2) is 4.79 Å². The van der Waals surface area contributed by atoms with E-state index in [4.69, 9.17) is 5.11 Å². The molecule has 2 rings (SSSR count). The number of hydrogen-bond acceptors (Lipinski definition) is 4. The average molecular weight is 267 g/mol. The van der Waals surface area contributed by atoms with Crippen LogP contribution in [0.4, 0.5) is 0 Å². The van der Waals surface area contributed by atoms with Crippen molar-refractivity contribution in [3.63, 3.8) is 0 Å². The third kappa shape index (κ3) is 3.15. The van der Waals surface area contributed by atoms with Crippen molar-refractivity contribution < 1.29 is 9.90 Å². The number of rotatable bonds is 5. The molecular formula is C12H13NO2S2. The highest BCUT2D eigenvalue weighted by Crippen LogP contribution is 2.20. The zero-order valence-corrected chi connectivity index (χ0v) is 11.0. The van der Waals surface area contributed by atoms with Crippen LogP contribution in [0, 0.1) is 0 Å². The molecule has 0 fully saturated rings. The molecule has 0 radical (unpaired) electrons. The minimum Gasteiger partial charge on any atom is -0.478 e. The Bertz CT molecular complexity index is 490. The van der Waals surface area contributed by atoms with Crippen LogP contribution < -0.4 is 5.32 Å². The Hall–Kier alpha value is -1.17. The van der Waals surface area contributed by atoms with Gasteiger partial charge in [-0.15, -0.1) is 22.7 Å².